The van der Waals surface area contributed by atoms with Crippen LogP contribution in [0.1, 0.15) is 17.5 Å². The van der Waals surface area contributed by atoms with E-state index in [-0.39, 0.29) is 5.69 Å². The summed E-state index contributed by atoms with van der Waals surface area (Å²) in [6.07, 6.45) is 4.56. The SMILES string of the molecule is CCn1ccn(CCc2scnc2C)c1=O. The fourth-order valence-corrected chi connectivity index (χ4v) is 2.42. The smallest absolute Gasteiger partial charge is 0.300 e. The molecule has 4 nitrogen and oxygen atoms in total. The van der Waals surface area contributed by atoms with Gasteiger partial charge < -0.3 is 0 Å². The summed E-state index contributed by atoms with van der Waals surface area (Å²) in [5.41, 5.74) is 3.00. The Balaban J connectivity index is 2.08. The molecule has 16 heavy (non-hydrogen) atoms. The molecule has 0 unspecified atom stereocenters. The Kier molecular flexibility index (Phi) is 3.24. The quantitative estimate of drug-likeness (QED) is 0.811. The zero-order valence-corrected chi connectivity index (χ0v) is 10.3. The van der Waals surface area contributed by atoms with Crippen molar-refractivity contribution in [2.24, 2.45) is 0 Å². The van der Waals surface area contributed by atoms with Gasteiger partial charge in [-0.1, -0.05) is 0 Å². The maximum absolute atomic E-state index is 11.8. The first-order valence-corrected chi connectivity index (χ1v) is 6.25. The van der Waals surface area contributed by atoms with E-state index in [0.29, 0.717) is 0 Å². The highest BCUT2D eigenvalue weighted by Crippen LogP contribution is 2.12. The van der Waals surface area contributed by atoms with Crippen LogP contribution >= 0.6 is 11.3 Å². The van der Waals surface area contributed by atoms with E-state index >= 15 is 0 Å². The normalized spacial score (nSPS) is 10.9. The van der Waals surface area contributed by atoms with E-state index in [1.807, 2.05) is 31.8 Å². The van der Waals surface area contributed by atoms with Crippen molar-refractivity contribution in [2.75, 3.05) is 0 Å². The Labute approximate surface area is 98.2 Å². The van der Waals surface area contributed by atoms with Gasteiger partial charge in [0.2, 0.25) is 0 Å². The second-order valence-electron chi connectivity index (χ2n) is 3.67. The van der Waals surface area contributed by atoms with Gasteiger partial charge in [0.15, 0.2) is 0 Å². The fraction of sp³-hybridized carbons (Fsp3) is 0.455. The molecule has 0 fully saturated rings. The molecule has 0 amide bonds. The minimum absolute atomic E-state index is 0.0738. The van der Waals surface area contributed by atoms with Crippen LogP contribution in [0.4, 0.5) is 0 Å². The van der Waals surface area contributed by atoms with Crippen LogP contribution < -0.4 is 5.69 Å². The van der Waals surface area contributed by atoms with E-state index in [4.69, 9.17) is 0 Å². The predicted octanol–water partition coefficient (Wildman–Crippen LogP) is 1.68. The lowest BCUT2D eigenvalue weighted by Crippen LogP contribution is -2.24. The molecular weight excluding hydrogens is 222 g/mol. The van der Waals surface area contributed by atoms with Gasteiger partial charge in [0, 0.05) is 36.8 Å². The van der Waals surface area contributed by atoms with E-state index < -0.39 is 0 Å². The van der Waals surface area contributed by atoms with Gasteiger partial charge in [-0.25, -0.2) is 9.78 Å². The molecule has 2 heterocycles. The molecule has 0 atom stereocenters. The molecule has 2 aromatic rings. The Morgan fingerprint density at radius 1 is 1.38 bits per heavy atom. The highest BCUT2D eigenvalue weighted by atomic mass is 32.1. The summed E-state index contributed by atoms with van der Waals surface area (Å²) < 4.78 is 3.46. The minimum atomic E-state index is 0.0738. The van der Waals surface area contributed by atoms with E-state index in [1.54, 1.807) is 20.5 Å². The van der Waals surface area contributed by atoms with Gasteiger partial charge in [-0.3, -0.25) is 9.13 Å². The van der Waals surface area contributed by atoms with Crippen LogP contribution in [0.3, 0.4) is 0 Å². The largest absolute Gasteiger partial charge is 0.328 e. The lowest BCUT2D eigenvalue weighted by atomic mass is 10.3. The molecule has 0 N–H and O–H groups in total. The second-order valence-corrected chi connectivity index (χ2v) is 4.61. The zero-order chi connectivity index (χ0) is 11.5. The van der Waals surface area contributed by atoms with Crippen molar-refractivity contribution in [3.8, 4) is 0 Å². The lowest BCUT2D eigenvalue weighted by molar-refractivity contribution is 0.628. The highest BCUT2D eigenvalue weighted by Gasteiger charge is 2.04. The van der Waals surface area contributed by atoms with Crippen molar-refractivity contribution in [3.05, 3.63) is 39.0 Å². The van der Waals surface area contributed by atoms with Gasteiger partial charge in [0.05, 0.1) is 11.2 Å². The standard InChI is InChI=1S/C11H15N3OS/c1-3-13-6-7-14(11(13)15)5-4-10-9(2)12-8-16-10/h6-8H,3-5H2,1-2H3. The molecule has 0 aliphatic heterocycles. The van der Waals surface area contributed by atoms with Crippen LogP contribution in [-0.2, 0) is 19.5 Å². The van der Waals surface area contributed by atoms with Crippen LogP contribution in [0.15, 0.2) is 22.7 Å². The van der Waals surface area contributed by atoms with Crippen LogP contribution in [0.25, 0.3) is 0 Å². The molecule has 2 aromatic heterocycles. The number of aromatic nitrogens is 3. The highest BCUT2D eigenvalue weighted by molar-refractivity contribution is 7.09. The summed E-state index contributed by atoms with van der Waals surface area (Å²) in [4.78, 5) is 17.2. The Morgan fingerprint density at radius 3 is 2.69 bits per heavy atom. The number of nitrogens with zero attached hydrogens (tertiary/aromatic N) is 3. The van der Waals surface area contributed by atoms with Crippen molar-refractivity contribution in [1.82, 2.24) is 14.1 Å². The van der Waals surface area contributed by atoms with Gasteiger partial charge in [0.1, 0.15) is 0 Å². The summed E-state index contributed by atoms with van der Waals surface area (Å²) in [5.74, 6) is 0. The molecule has 0 spiro atoms. The van der Waals surface area contributed by atoms with Gasteiger partial charge in [-0.15, -0.1) is 11.3 Å². The van der Waals surface area contributed by atoms with Gasteiger partial charge >= 0.3 is 5.69 Å². The minimum Gasteiger partial charge on any atom is -0.300 e. The van der Waals surface area contributed by atoms with E-state index in [9.17, 15) is 4.79 Å². The molecule has 5 heteroatoms. The Hall–Kier alpha value is -1.36. The van der Waals surface area contributed by atoms with Gasteiger partial charge in [0.25, 0.3) is 0 Å². The molecule has 2 rings (SSSR count). The maximum Gasteiger partial charge on any atom is 0.328 e. The maximum atomic E-state index is 11.8. The molecule has 86 valence electrons. The number of imidazole rings is 1. The van der Waals surface area contributed by atoms with Crippen molar-refractivity contribution in [1.29, 1.82) is 0 Å². The monoisotopic (exact) mass is 237 g/mol. The summed E-state index contributed by atoms with van der Waals surface area (Å²) in [7, 11) is 0. The first-order valence-electron chi connectivity index (χ1n) is 5.37. The number of hydrogen-bond donors (Lipinski definition) is 0. The number of rotatable bonds is 4. The summed E-state index contributed by atoms with van der Waals surface area (Å²) in [5, 5.41) is 0. The van der Waals surface area contributed by atoms with Crippen LogP contribution in [-0.4, -0.2) is 14.1 Å². The van der Waals surface area contributed by atoms with Gasteiger partial charge in [-0.05, 0) is 13.8 Å². The second kappa shape index (κ2) is 4.65. The average Bonchev–Trinajstić information content (AvgIpc) is 2.83. The van der Waals surface area contributed by atoms with Crippen molar-refractivity contribution < 1.29 is 0 Å². The molecular formula is C11H15N3OS. The number of thiazole rings is 1. The van der Waals surface area contributed by atoms with E-state index in [2.05, 4.69) is 4.98 Å². The predicted molar refractivity (Wildman–Crippen MR) is 64.9 cm³/mol. The Morgan fingerprint density at radius 2 is 2.12 bits per heavy atom. The van der Waals surface area contributed by atoms with Crippen LogP contribution in [0.5, 0.6) is 0 Å². The third-order valence-electron chi connectivity index (χ3n) is 2.68. The Bertz CT molecular complexity index is 523. The van der Waals surface area contributed by atoms with Gasteiger partial charge in [-0.2, -0.15) is 0 Å². The van der Waals surface area contributed by atoms with Crippen LogP contribution in [0, 0.1) is 6.92 Å². The molecule has 0 bridgehead atoms. The number of aryl methyl sites for hydroxylation is 4. The van der Waals surface area contributed by atoms with Crippen molar-refractivity contribution >= 4 is 11.3 Å². The molecule has 0 saturated heterocycles. The first-order chi connectivity index (χ1) is 7.72. The molecule has 0 radical (unpaired) electrons. The average molecular weight is 237 g/mol. The summed E-state index contributed by atoms with van der Waals surface area (Å²) in [6, 6.07) is 0. The first kappa shape index (κ1) is 11.1. The van der Waals surface area contributed by atoms with E-state index in [1.165, 1.54) is 4.88 Å². The lowest BCUT2D eigenvalue weighted by Gasteiger charge is -2.00. The zero-order valence-electron chi connectivity index (χ0n) is 9.51. The molecule has 0 saturated carbocycles. The fourth-order valence-electron chi connectivity index (χ4n) is 1.65. The van der Waals surface area contributed by atoms with Crippen molar-refractivity contribution in [2.45, 2.75) is 33.4 Å². The topological polar surface area (TPSA) is 39.8 Å². The molecule has 0 aliphatic carbocycles. The van der Waals surface area contributed by atoms with Crippen LogP contribution in [0.2, 0.25) is 0 Å². The van der Waals surface area contributed by atoms with Crippen molar-refractivity contribution in [3.63, 3.8) is 0 Å². The summed E-state index contributed by atoms with van der Waals surface area (Å²) >= 11 is 1.65. The third kappa shape index (κ3) is 2.09. The summed E-state index contributed by atoms with van der Waals surface area (Å²) in [6.45, 7) is 5.44. The molecule has 0 aromatic carbocycles. The number of hydrogen-bond acceptors (Lipinski definition) is 3. The molecule has 0 aliphatic rings. The third-order valence-corrected chi connectivity index (χ3v) is 3.68. The van der Waals surface area contributed by atoms with E-state index in [0.717, 1.165) is 25.2 Å².